The standard InChI is InChI=1S/C17H11NO6S2/c19-14(20)9-18-15(21)13(26-17(18)25)8-10-3-5-11(6-4-10)24-16(22)12-2-1-7-23-12/h1-8H,9H2,(H,19,20)/b13-8-. The Morgan fingerprint density at radius 1 is 1.27 bits per heavy atom. The molecule has 0 unspecified atom stereocenters. The first-order valence-electron chi connectivity index (χ1n) is 7.27. The van der Waals surface area contributed by atoms with Gasteiger partial charge in [0.15, 0.2) is 0 Å². The molecule has 0 atom stereocenters. The van der Waals surface area contributed by atoms with E-state index in [2.05, 4.69) is 0 Å². The Morgan fingerprint density at radius 2 is 2.00 bits per heavy atom. The molecule has 0 spiro atoms. The fraction of sp³-hybridized carbons (Fsp3) is 0.0588. The highest BCUT2D eigenvalue weighted by Gasteiger charge is 2.33. The fourth-order valence-corrected chi connectivity index (χ4v) is 3.36. The zero-order chi connectivity index (χ0) is 18.7. The van der Waals surface area contributed by atoms with Crippen LogP contribution in [0.3, 0.4) is 0 Å². The van der Waals surface area contributed by atoms with Gasteiger partial charge in [-0.15, -0.1) is 0 Å². The highest BCUT2D eigenvalue weighted by atomic mass is 32.2. The van der Waals surface area contributed by atoms with Crippen LogP contribution < -0.4 is 4.74 Å². The topological polar surface area (TPSA) is 97.0 Å². The Balaban J connectivity index is 1.70. The number of esters is 1. The van der Waals surface area contributed by atoms with Gasteiger partial charge >= 0.3 is 11.9 Å². The number of carboxylic acids is 1. The van der Waals surface area contributed by atoms with Crippen LogP contribution in [0.5, 0.6) is 5.75 Å². The van der Waals surface area contributed by atoms with E-state index in [4.69, 9.17) is 26.5 Å². The second-order valence-electron chi connectivity index (χ2n) is 5.10. The molecule has 1 amide bonds. The van der Waals surface area contributed by atoms with Crippen molar-refractivity contribution in [2.24, 2.45) is 0 Å². The van der Waals surface area contributed by atoms with Gasteiger partial charge in [-0.05, 0) is 35.9 Å². The smallest absolute Gasteiger partial charge is 0.379 e. The zero-order valence-electron chi connectivity index (χ0n) is 13.1. The third kappa shape index (κ3) is 4.01. The normalized spacial score (nSPS) is 15.5. The summed E-state index contributed by atoms with van der Waals surface area (Å²) in [4.78, 5) is 36.2. The lowest BCUT2D eigenvalue weighted by molar-refractivity contribution is -0.140. The van der Waals surface area contributed by atoms with Crippen LogP contribution in [0, 0.1) is 0 Å². The summed E-state index contributed by atoms with van der Waals surface area (Å²) in [6, 6.07) is 9.55. The molecule has 1 saturated heterocycles. The van der Waals surface area contributed by atoms with E-state index in [9.17, 15) is 14.4 Å². The van der Waals surface area contributed by atoms with Gasteiger partial charge in [-0.2, -0.15) is 0 Å². The number of ether oxygens (including phenoxy) is 1. The number of thiocarbonyl (C=S) groups is 1. The third-order valence-electron chi connectivity index (χ3n) is 3.28. The molecule has 7 nitrogen and oxygen atoms in total. The minimum Gasteiger partial charge on any atom is -0.480 e. The van der Waals surface area contributed by atoms with E-state index >= 15 is 0 Å². The van der Waals surface area contributed by atoms with Gasteiger partial charge < -0.3 is 14.3 Å². The van der Waals surface area contributed by atoms with Gasteiger partial charge in [-0.25, -0.2) is 4.79 Å². The van der Waals surface area contributed by atoms with E-state index in [0.29, 0.717) is 16.2 Å². The van der Waals surface area contributed by atoms with E-state index in [0.717, 1.165) is 16.7 Å². The van der Waals surface area contributed by atoms with Crippen LogP contribution in [0.2, 0.25) is 0 Å². The molecule has 1 aromatic carbocycles. The maximum atomic E-state index is 12.2. The van der Waals surface area contributed by atoms with Crippen LogP contribution in [0.25, 0.3) is 6.08 Å². The number of benzene rings is 1. The van der Waals surface area contributed by atoms with Crippen molar-refractivity contribution in [1.82, 2.24) is 4.90 Å². The van der Waals surface area contributed by atoms with Crippen molar-refractivity contribution in [2.45, 2.75) is 0 Å². The van der Waals surface area contributed by atoms with E-state index in [1.54, 1.807) is 36.4 Å². The van der Waals surface area contributed by atoms with Crippen molar-refractivity contribution >= 4 is 52.2 Å². The number of carbonyl (C=O) groups is 3. The molecule has 1 aromatic heterocycles. The number of amides is 1. The second kappa shape index (κ2) is 7.54. The van der Waals surface area contributed by atoms with Gasteiger partial charge in [0.05, 0.1) is 11.2 Å². The largest absolute Gasteiger partial charge is 0.480 e. The Morgan fingerprint density at radius 3 is 2.62 bits per heavy atom. The van der Waals surface area contributed by atoms with Crippen molar-refractivity contribution in [1.29, 1.82) is 0 Å². The quantitative estimate of drug-likeness (QED) is 0.361. The lowest BCUT2D eigenvalue weighted by Gasteiger charge is -2.10. The SMILES string of the molecule is O=C(O)CN1C(=O)/C(=C/c2ccc(OC(=O)c3ccco3)cc2)SC1=S. The third-order valence-corrected chi connectivity index (χ3v) is 4.66. The van der Waals surface area contributed by atoms with Crippen LogP contribution >= 0.6 is 24.0 Å². The summed E-state index contributed by atoms with van der Waals surface area (Å²) in [5.74, 6) is -1.78. The van der Waals surface area contributed by atoms with Gasteiger partial charge in [0.2, 0.25) is 5.76 Å². The first-order valence-corrected chi connectivity index (χ1v) is 8.49. The number of hydrogen-bond donors (Lipinski definition) is 1. The number of aliphatic carboxylic acids is 1. The fourth-order valence-electron chi connectivity index (χ4n) is 2.11. The molecule has 26 heavy (non-hydrogen) atoms. The predicted octanol–water partition coefficient (Wildman–Crippen LogP) is 2.78. The van der Waals surface area contributed by atoms with Crippen LogP contribution in [0.4, 0.5) is 0 Å². The summed E-state index contributed by atoms with van der Waals surface area (Å²) in [6.07, 6.45) is 2.97. The molecule has 0 aliphatic carbocycles. The predicted molar refractivity (Wildman–Crippen MR) is 97.6 cm³/mol. The molecule has 1 aliphatic rings. The van der Waals surface area contributed by atoms with Gasteiger partial charge in [-0.1, -0.05) is 36.1 Å². The van der Waals surface area contributed by atoms with Crippen LogP contribution in [-0.2, 0) is 9.59 Å². The first-order chi connectivity index (χ1) is 12.4. The summed E-state index contributed by atoms with van der Waals surface area (Å²) in [5.41, 5.74) is 0.679. The summed E-state index contributed by atoms with van der Waals surface area (Å²) >= 11 is 6.07. The van der Waals surface area contributed by atoms with Crippen LogP contribution in [0.1, 0.15) is 16.1 Å². The number of hydrogen-bond acceptors (Lipinski definition) is 7. The van der Waals surface area contributed by atoms with E-state index in [1.165, 1.54) is 12.3 Å². The Hall–Kier alpha value is -2.91. The molecule has 3 rings (SSSR count). The number of rotatable bonds is 5. The molecule has 2 heterocycles. The highest BCUT2D eigenvalue weighted by molar-refractivity contribution is 8.26. The number of thioether (sulfide) groups is 1. The minimum atomic E-state index is -1.13. The van der Waals surface area contributed by atoms with Crippen molar-refractivity contribution < 1.29 is 28.6 Å². The summed E-state index contributed by atoms with van der Waals surface area (Å²) in [6.45, 7) is -0.469. The average Bonchev–Trinajstić information content (AvgIpc) is 3.22. The minimum absolute atomic E-state index is 0.0937. The van der Waals surface area contributed by atoms with Gasteiger partial charge in [-0.3, -0.25) is 14.5 Å². The van der Waals surface area contributed by atoms with Crippen molar-refractivity contribution in [3.8, 4) is 5.75 Å². The Labute approximate surface area is 157 Å². The van der Waals surface area contributed by atoms with Crippen LogP contribution in [-0.4, -0.2) is 38.7 Å². The van der Waals surface area contributed by atoms with Crippen molar-refractivity contribution in [2.75, 3.05) is 6.54 Å². The number of carboxylic acid groups (broad SMARTS) is 1. The number of nitrogens with zero attached hydrogens (tertiary/aromatic N) is 1. The summed E-state index contributed by atoms with van der Waals surface area (Å²) in [7, 11) is 0. The molecular formula is C17H11NO6S2. The monoisotopic (exact) mass is 389 g/mol. The average molecular weight is 389 g/mol. The summed E-state index contributed by atoms with van der Waals surface area (Å²) < 4.78 is 10.3. The van der Waals surface area contributed by atoms with Crippen molar-refractivity contribution in [3.63, 3.8) is 0 Å². The van der Waals surface area contributed by atoms with E-state index < -0.39 is 24.4 Å². The lowest BCUT2D eigenvalue weighted by Crippen LogP contribution is -2.33. The highest BCUT2D eigenvalue weighted by Crippen LogP contribution is 2.32. The molecule has 1 aliphatic heterocycles. The molecule has 132 valence electrons. The molecule has 0 saturated carbocycles. The zero-order valence-corrected chi connectivity index (χ0v) is 14.7. The molecular weight excluding hydrogens is 378 g/mol. The molecule has 1 fully saturated rings. The first kappa shape index (κ1) is 17.9. The number of carbonyl (C=O) groups excluding carboxylic acids is 2. The van der Waals surface area contributed by atoms with Crippen molar-refractivity contribution in [3.05, 3.63) is 58.9 Å². The molecule has 9 heteroatoms. The number of furan rings is 1. The van der Waals surface area contributed by atoms with Gasteiger partial charge in [0, 0.05) is 0 Å². The Bertz CT molecular complexity index is 902. The molecule has 2 aromatic rings. The van der Waals surface area contributed by atoms with Crippen LogP contribution in [0.15, 0.2) is 52.0 Å². The Kier molecular flexibility index (Phi) is 5.19. The lowest BCUT2D eigenvalue weighted by atomic mass is 10.2. The van der Waals surface area contributed by atoms with E-state index in [1.807, 2.05) is 0 Å². The van der Waals surface area contributed by atoms with Gasteiger partial charge in [0.1, 0.15) is 16.6 Å². The summed E-state index contributed by atoms with van der Waals surface area (Å²) in [5, 5.41) is 8.83. The molecule has 0 radical (unpaired) electrons. The van der Waals surface area contributed by atoms with Gasteiger partial charge in [0.25, 0.3) is 5.91 Å². The maximum absolute atomic E-state index is 12.2. The molecule has 1 N–H and O–H groups in total. The molecule has 0 bridgehead atoms. The maximum Gasteiger partial charge on any atom is 0.379 e. The second-order valence-corrected chi connectivity index (χ2v) is 6.77. The van der Waals surface area contributed by atoms with E-state index in [-0.39, 0.29) is 10.1 Å².